The number of rotatable bonds is 5. The Hall–Kier alpha value is -0.780. The maximum absolute atomic E-state index is 12.6. The van der Waals surface area contributed by atoms with Crippen molar-refractivity contribution in [3.8, 4) is 0 Å². The zero-order chi connectivity index (χ0) is 14.2. The summed E-state index contributed by atoms with van der Waals surface area (Å²) in [5, 5.41) is 0.376. The molecule has 0 spiro atoms. The number of nitrogens with zero attached hydrogens (tertiary/aromatic N) is 1. The molecule has 1 aliphatic rings. The monoisotopic (exact) mass is 302 g/mol. The van der Waals surface area contributed by atoms with Gasteiger partial charge in [0.1, 0.15) is 0 Å². The molecule has 0 aromatic heterocycles. The van der Waals surface area contributed by atoms with Crippen LogP contribution in [0.3, 0.4) is 0 Å². The van der Waals surface area contributed by atoms with E-state index >= 15 is 0 Å². The highest BCUT2D eigenvalue weighted by atomic mass is 35.5. The van der Waals surface area contributed by atoms with E-state index in [-0.39, 0.29) is 10.9 Å². The quantitative estimate of drug-likeness (QED) is 0.851. The second-order valence-corrected chi connectivity index (χ2v) is 7.68. The third-order valence-corrected chi connectivity index (χ3v) is 5.33. The van der Waals surface area contributed by atoms with Crippen molar-refractivity contribution in [3.05, 3.63) is 23.2 Å². The van der Waals surface area contributed by atoms with E-state index in [1.807, 2.05) is 13.8 Å². The molecule has 1 saturated carbocycles. The van der Waals surface area contributed by atoms with Gasteiger partial charge in [-0.1, -0.05) is 25.4 Å². The Morgan fingerprint density at radius 3 is 2.53 bits per heavy atom. The smallest absolute Gasteiger partial charge is 0.243 e. The van der Waals surface area contributed by atoms with Crippen molar-refractivity contribution in [2.24, 2.45) is 5.92 Å². The van der Waals surface area contributed by atoms with Crippen LogP contribution in [0.25, 0.3) is 0 Å². The molecule has 2 N–H and O–H groups in total. The van der Waals surface area contributed by atoms with E-state index in [9.17, 15) is 8.42 Å². The Bertz CT molecular complexity index is 568. The molecule has 0 atom stereocenters. The lowest BCUT2D eigenvalue weighted by molar-refractivity contribution is 0.360. The van der Waals surface area contributed by atoms with Crippen LogP contribution in [-0.2, 0) is 10.0 Å². The van der Waals surface area contributed by atoms with Crippen LogP contribution in [-0.4, -0.2) is 25.3 Å². The van der Waals surface area contributed by atoms with Gasteiger partial charge in [0.25, 0.3) is 0 Å². The third kappa shape index (κ3) is 3.22. The fourth-order valence-electron chi connectivity index (χ4n) is 1.98. The second kappa shape index (κ2) is 5.31. The van der Waals surface area contributed by atoms with Crippen LogP contribution in [0.2, 0.25) is 5.02 Å². The van der Waals surface area contributed by atoms with Crippen molar-refractivity contribution in [3.63, 3.8) is 0 Å². The number of halogens is 1. The molecule has 1 aromatic carbocycles. The highest BCUT2D eigenvalue weighted by Gasteiger charge is 2.38. The number of nitrogen functional groups attached to an aromatic ring is 1. The topological polar surface area (TPSA) is 63.4 Å². The van der Waals surface area contributed by atoms with Crippen molar-refractivity contribution in [1.29, 1.82) is 0 Å². The van der Waals surface area contributed by atoms with Crippen LogP contribution in [0.15, 0.2) is 23.1 Å². The number of sulfonamides is 1. The third-order valence-electron chi connectivity index (χ3n) is 3.07. The Morgan fingerprint density at radius 1 is 1.42 bits per heavy atom. The largest absolute Gasteiger partial charge is 0.397 e. The Balaban J connectivity index is 2.35. The van der Waals surface area contributed by atoms with Crippen molar-refractivity contribution in [2.75, 3.05) is 12.3 Å². The van der Waals surface area contributed by atoms with E-state index in [1.54, 1.807) is 4.31 Å². The molecule has 19 heavy (non-hydrogen) atoms. The van der Waals surface area contributed by atoms with Crippen LogP contribution < -0.4 is 5.73 Å². The van der Waals surface area contributed by atoms with Gasteiger partial charge in [0.15, 0.2) is 0 Å². The second-order valence-electron chi connectivity index (χ2n) is 5.38. The van der Waals surface area contributed by atoms with Gasteiger partial charge in [-0.2, -0.15) is 4.31 Å². The summed E-state index contributed by atoms with van der Waals surface area (Å²) in [7, 11) is -3.48. The lowest BCUT2D eigenvalue weighted by atomic mass is 10.2. The first-order valence-corrected chi connectivity index (χ1v) is 8.21. The highest BCUT2D eigenvalue weighted by molar-refractivity contribution is 7.89. The van der Waals surface area contributed by atoms with Crippen molar-refractivity contribution >= 4 is 27.3 Å². The molecule has 0 heterocycles. The zero-order valence-electron chi connectivity index (χ0n) is 11.1. The SMILES string of the molecule is CC(C)CN(C1CC1)S(=O)(=O)c1ccc(Cl)c(N)c1. The molecule has 0 amide bonds. The minimum atomic E-state index is -3.48. The predicted molar refractivity (Wildman–Crippen MR) is 77.6 cm³/mol. The summed E-state index contributed by atoms with van der Waals surface area (Å²) >= 11 is 5.84. The number of anilines is 1. The van der Waals surface area contributed by atoms with Crippen LogP contribution in [0, 0.1) is 5.92 Å². The Labute approximate surface area is 119 Å². The summed E-state index contributed by atoms with van der Waals surface area (Å²) in [5.41, 5.74) is 5.99. The number of hydrogen-bond acceptors (Lipinski definition) is 3. The van der Waals surface area contributed by atoms with Crippen molar-refractivity contribution in [2.45, 2.75) is 37.6 Å². The lowest BCUT2D eigenvalue weighted by Gasteiger charge is -2.24. The number of benzene rings is 1. The van der Waals surface area contributed by atoms with Gasteiger partial charge >= 0.3 is 0 Å². The molecule has 4 nitrogen and oxygen atoms in total. The van der Waals surface area contributed by atoms with E-state index in [2.05, 4.69) is 0 Å². The first-order valence-electron chi connectivity index (χ1n) is 6.39. The van der Waals surface area contributed by atoms with Gasteiger partial charge in [-0.3, -0.25) is 0 Å². The molecule has 0 unspecified atom stereocenters. The fourth-order valence-corrected chi connectivity index (χ4v) is 3.99. The molecule has 2 rings (SSSR count). The standard InChI is InChI=1S/C13H19ClN2O2S/c1-9(2)8-16(10-3-4-10)19(17,18)11-5-6-12(14)13(15)7-11/h5-7,9-10H,3-4,8,15H2,1-2H3. The van der Waals surface area contributed by atoms with Crippen molar-refractivity contribution < 1.29 is 8.42 Å². The van der Waals surface area contributed by atoms with Gasteiger partial charge in [0, 0.05) is 12.6 Å². The van der Waals surface area contributed by atoms with E-state index in [1.165, 1.54) is 18.2 Å². The first-order chi connectivity index (χ1) is 8.82. The molecule has 1 fully saturated rings. The molecule has 0 radical (unpaired) electrons. The summed E-state index contributed by atoms with van der Waals surface area (Å²) in [6.45, 7) is 4.57. The minimum absolute atomic E-state index is 0.143. The Kier molecular flexibility index (Phi) is 4.08. The summed E-state index contributed by atoms with van der Waals surface area (Å²) in [6.07, 6.45) is 1.88. The molecule has 0 bridgehead atoms. The van der Waals surface area contributed by atoms with Gasteiger partial charge in [-0.05, 0) is 37.0 Å². The number of hydrogen-bond donors (Lipinski definition) is 1. The lowest BCUT2D eigenvalue weighted by Crippen LogP contribution is -2.36. The molecule has 1 aliphatic carbocycles. The molecule has 0 saturated heterocycles. The highest BCUT2D eigenvalue weighted by Crippen LogP contribution is 2.33. The minimum Gasteiger partial charge on any atom is -0.397 e. The maximum atomic E-state index is 12.6. The molecule has 106 valence electrons. The fraction of sp³-hybridized carbons (Fsp3) is 0.538. The van der Waals surface area contributed by atoms with Gasteiger partial charge in [-0.25, -0.2) is 8.42 Å². The van der Waals surface area contributed by atoms with Gasteiger partial charge in [0.2, 0.25) is 10.0 Å². The molecular formula is C13H19ClN2O2S. The predicted octanol–water partition coefficient (Wildman–Crippen LogP) is 2.73. The number of nitrogens with two attached hydrogens (primary N) is 1. The van der Waals surface area contributed by atoms with Crippen molar-refractivity contribution in [1.82, 2.24) is 4.31 Å². The molecule has 6 heteroatoms. The van der Waals surface area contributed by atoms with Crippen LogP contribution in [0.4, 0.5) is 5.69 Å². The average molecular weight is 303 g/mol. The Morgan fingerprint density at radius 2 is 2.05 bits per heavy atom. The summed E-state index contributed by atoms with van der Waals surface area (Å²) in [6, 6.07) is 4.63. The van der Waals surface area contributed by atoms with E-state index in [4.69, 9.17) is 17.3 Å². The molecular weight excluding hydrogens is 284 g/mol. The van der Waals surface area contributed by atoms with Gasteiger partial charge in [0.05, 0.1) is 15.6 Å². The normalized spacial score (nSPS) is 16.3. The molecule has 0 aliphatic heterocycles. The zero-order valence-corrected chi connectivity index (χ0v) is 12.7. The average Bonchev–Trinajstić information content (AvgIpc) is 3.13. The summed E-state index contributed by atoms with van der Waals surface area (Å²) in [4.78, 5) is 0.224. The summed E-state index contributed by atoms with van der Waals surface area (Å²) < 4.78 is 26.9. The van der Waals surface area contributed by atoms with Crippen LogP contribution in [0.5, 0.6) is 0 Å². The van der Waals surface area contributed by atoms with E-state index in [0.717, 1.165) is 12.8 Å². The van der Waals surface area contributed by atoms with E-state index in [0.29, 0.717) is 23.2 Å². The van der Waals surface area contributed by atoms with Crippen LogP contribution >= 0.6 is 11.6 Å². The molecule has 1 aromatic rings. The van der Waals surface area contributed by atoms with Gasteiger partial charge in [-0.15, -0.1) is 0 Å². The van der Waals surface area contributed by atoms with E-state index < -0.39 is 10.0 Å². The summed E-state index contributed by atoms with van der Waals surface area (Å²) in [5.74, 6) is 0.292. The van der Waals surface area contributed by atoms with Crippen LogP contribution in [0.1, 0.15) is 26.7 Å². The first kappa shape index (κ1) is 14.6. The van der Waals surface area contributed by atoms with Gasteiger partial charge < -0.3 is 5.73 Å². The maximum Gasteiger partial charge on any atom is 0.243 e.